The van der Waals surface area contributed by atoms with Crippen molar-refractivity contribution in [3.63, 3.8) is 0 Å². The lowest BCUT2D eigenvalue weighted by atomic mass is 9.92. The maximum atomic E-state index is 9.20. The molecule has 0 spiro atoms. The van der Waals surface area contributed by atoms with Gasteiger partial charge in [-0.3, -0.25) is 0 Å². The summed E-state index contributed by atoms with van der Waals surface area (Å²) in [6.45, 7) is 6.36. The Hall–Kier alpha value is -0.540. The summed E-state index contributed by atoms with van der Waals surface area (Å²) >= 11 is 0. The van der Waals surface area contributed by atoms with E-state index in [1.54, 1.807) is 0 Å². The molecule has 3 nitrogen and oxygen atoms in total. The Morgan fingerprint density at radius 3 is 2.27 bits per heavy atom. The van der Waals surface area contributed by atoms with Crippen LogP contribution in [0, 0.1) is 5.41 Å². The third-order valence-electron chi connectivity index (χ3n) is 1.77. The zero-order chi connectivity index (χ0) is 8.65. The van der Waals surface area contributed by atoms with Crippen molar-refractivity contribution in [2.24, 2.45) is 5.41 Å². The van der Waals surface area contributed by atoms with Gasteiger partial charge in [-0.25, -0.2) is 5.43 Å². The van der Waals surface area contributed by atoms with Gasteiger partial charge in [0.2, 0.25) is 0 Å². The summed E-state index contributed by atoms with van der Waals surface area (Å²) < 4.78 is 0. The van der Waals surface area contributed by atoms with Gasteiger partial charge in [0.05, 0.1) is 0 Å². The largest absolute Gasteiger partial charge is 0.373 e. The Morgan fingerprint density at radius 2 is 2.09 bits per heavy atom. The van der Waals surface area contributed by atoms with Crippen molar-refractivity contribution in [1.29, 1.82) is 0 Å². The molecule has 0 radical (unpaired) electrons. The molecule has 0 aromatic heterocycles. The highest BCUT2D eigenvalue weighted by atomic mass is 16.3. The molecule has 0 bridgehead atoms. The minimum atomic E-state index is -0.519. The average molecular weight is 156 g/mol. The standard InChI is InChI=1S/C8H16N2O/c1-8(2,3)6-5-7(11)9-10(6)4/h5,7,9,11H,1-4H3. The zero-order valence-corrected chi connectivity index (χ0v) is 7.55. The van der Waals surface area contributed by atoms with Gasteiger partial charge in [-0.2, -0.15) is 0 Å². The Morgan fingerprint density at radius 1 is 1.55 bits per heavy atom. The smallest absolute Gasteiger partial charge is 0.142 e. The van der Waals surface area contributed by atoms with E-state index in [1.807, 2.05) is 18.1 Å². The van der Waals surface area contributed by atoms with E-state index >= 15 is 0 Å². The monoisotopic (exact) mass is 156 g/mol. The van der Waals surface area contributed by atoms with Gasteiger partial charge in [0.1, 0.15) is 6.23 Å². The molecule has 1 atom stereocenters. The molecule has 1 rings (SSSR count). The van der Waals surface area contributed by atoms with Crippen molar-refractivity contribution in [3.8, 4) is 0 Å². The zero-order valence-electron chi connectivity index (χ0n) is 7.55. The number of aliphatic hydroxyl groups excluding tert-OH is 1. The summed E-state index contributed by atoms with van der Waals surface area (Å²) in [6, 6.07) is 0. The van der Waals surface area contributed by atoms with Gasteiger partial charge in [-0.1, -0.05) is 20.8 Å². The average Bonchev–Trinajstić information content (AvgIpc) is 2.08. The van der Waals surface area contributed by atoms with E-state index in [9.17, 15) is 5.11 Å². The van der Waals surface area contributed by atoms with Gasteiger partial charge in [0.25, 0.3) is 0 Å². The molecule has 64 valence electrons. The van der Waals surface area contributed by atoms with Crippen LogP contribution in [0.4, 0.5) is 0 Å². The van der Waals surface area contributed by atoms with Crippen LogP contribution < -0.4 is 5.43 Å². The molecule has 3 heteroatoms. The maximum absolute atomic E-state index is 9.20. The molecule has 0 amide bonds. The van der Waals surface area contributed by atoms with E-state index in [-0.39, 0.29) is 5.41 Å². The topological polar surface area (TPSA) is 35.5 Å². The second-order valence-electron chi connectivity index (χ2n) is 3.93. The number of rotatable bonds is 0. The number of allylic oxidation sites excluding steroid dienone is 1. The summed E-state index contributed by atoms with van der Waals surface area (Å²) in [7, 11) is 1.91. The van der Waals surface area contributed by atoms with Crippen molar-refractivity contribution in [3.05, 3.63) is 11.8 Å². The van der Waals surface area contributed by atoms with E-state index in [0.29, 0.717) is 0 Å². The molecule has 0 aliphatic carbocycles. The summed E-state index contributed by atoms with van der Waals surface area (Å²) in [5.74, 6) is 0. The van der Waals surface area contributed by atoms with Gasteiger partial charge in [0.15, 0.2) is 0 Å². The normalized spacial score (nSPS) is 25.7. The molecule has 1 aliphatic rings. The molecule has 0 saturated heterocycles. The van der Waals surface area contributed by atoms with E-state index in [0.717, 1.165) is 5.70 Å². The number of hydrogen-bond donors (Lipinski definition) is 2. The minimum absolute atomic E-state index is 0.0965. The molecule has 1 heterocycles. The molecule has 2 N–H and O–H groups in total. The Balaban J connectivity index is 2.80. The minimum Gasteiger partial charge on any atom is -0.373 e. The van der Waals surface area contributed by atoms with E-state index in [1.165, 1.54) is 0 Å². The number of hydrazine groups is 1. The predicted molar refractivity (Wildman–Crippen MR) is 44.4 cm³/mol. The Kier molecular flexibility index (Phi) is 1.94. The first-order valence-corrected chi connectivity index (χ1v) is 3.81. The van der Waals surface area contributed by atoms with Crippen LogP contribution in [-0.2, 0) is 0 Å². The van der Waals surface area contributed by atoms with Crippen LogP contribution in [0.3, 0.4) is 0 Å². The van der Waals surface area contributed by atoms with Gasteiger partial charge in [-0.05, 0) is 6.08 Å². The van der Waals surface area contributed by atoms with Crippen LogP contribution in [0.1, 0.15) is 20.8 Å². The molecule has 0 aromatic rings. The second-order valence-corrected chi connectivity index (χ2v) is 3.93. The fourth-order valence-corrected chi connectivity index (χ4v) is 1.32. The highest BCUT2D eigenvalue weighted by Gasteiger charge is 2.26. The first kappa shape index (κ1) is 8.56. The van der Waals surface area contributed by atoms with Crippen LogP contribution in [0.15, 0.2) is 11.8 Å². The first-order valence-electron chi connectivity index (χ1n) is 3.81. The molecule has 0 fully saturated rings. The first-order chi connectivity index (χ1) is 4.91. The number of nitrogens with zero attached hydrogens (tertiary/aromatic N) is 1. The summed E-state index contributed by atoms with van der Waals surface area (Å²) in [4.78, 5) is 0. The quantitative estimate of drug-likeness (QED) is 0.541. The molecular formula is C8H16N2O. The van der Waals surface area contributed by atoms with E-state index < -0.39 is 6.23 Å². The molecule has 11 heavy (non-hydrogen) atoms. The SMILES string of the molecule is CN1NC(O)C=C1C(C)(C)C. The van der Waals surface area contributed by atoms with Gasteiger partial charge >= 0.3 is 0 Å². The molecule has 1 unspecified atom stereocenters. The van der Waals surface area contributed by atoms with E-state index in [4.69, 9.17) is 0 Å². The third-order valence-corrected chi connectivity index (χ3v) is 1.77. The van der Waals surface area contributed by atoms with Crippen molar-refractivity contribution in [2.75, 3.05) is 7.05 Å². The van der Waals surface area contributed by atoms with Crippen LogP contribution in [-0.4, -0.2) is 23.4 Å². The van der Waals surface area contributed by atoms with Gasteiger partial charge in [0, 0.05) is 18.2 Å². The Bertz CT molecular complexity index is 181. The lowest BCUT2D eigenvalue weighted by Crippen LogP contribution is -2.36. The Labute approximate surface area is 67.7 Å². The number of hydrogen-bond acceptors (Lipinski definition) is 3. The summed E-state index contributed by atoms with van der Waals surface area (Å²) in [5, 5.41) is 11.1. The van der Waals surface area contributed by atoms with Crippen molar-refractivity contribution < 1.29 is 5.11 Å². The fraction of sp³-hybridized carbons (Fsp3) is 0.750. The number of nitrogens with one attached hydrogen (secondary N) is 1. The van der Waals surface area contributed by atoms with Crippen molar-refractivity contribution in [2.45, 2.75) is 27.0 Å². The lowest BCUT2D eigenvalue weighted by Gasteiger charge is -2.27. The fourth-order valence-electron chi connectivity index (χ4n) is 1.32. The van der Waals surface area contributed by atoms with Crippen molar-refractivity contribution in [1.82, 2.24) is 10.4 Å². The van der Waals surface area contributed by atoms with E-state index in [2.05, 4.69) is 26.2 Å². The van der Waals surface area contributed by atoms with Crippen LogP contribution in [0.2, 0.25) is 0 Å². The second kappa shape index (κ2) is 2.50. The van der Waals surface area contributed by atoms with Crippen LogP contribution in [0.5, 0.6) is 0 Å². The summed E-state index contributed by atoms with van der Waals surface area (Å²) in [6.07, 6.45) is 1.31. The predicted octanol–water partition coefficient (Wildman–Crippen LogP) is 0.685. The maximum Gasteiger partial charge on any atom is 0.142 e. The van der Waals surface area contributed by atoms with Crippen molar-refractivity contribution >= 4 is 0 Å². The van der Waals surface area contributed by atoms with Gasteiger partial charge < -0.3 is 10.1 Å². The number of aliphatic hydroxyl groups is 1. The third kappa shape index (κ3) is 1.73. The molecule has 0 saturated carbocycles. The lowest BCUT2D eigenvalue weighted by molar-refractivity contribution is 0.123. The molecule has 1 aliphatic heterocycles. The van der Waals surface area contributed by atoms with Crippen LogP contribution in [0.25, 0.3) is 0 Å². The molecular weight excluding hydrogens is 140 g/mol. The summed E-state index contributed by atoms with van der Waals surface area (Å²) in [5.41, 5.74) is 4.10. The highest BCUT2D eigenvalue weighted by Crippen LogP contribution is 2.29. The molecule has 0 aromatic carbocycles. The highest BCUT2D eigenvalue weighted by molar-refractivity contribution is 5.14. The van der Waals surface area contributed by atoms with Gasteiger partial charge in [-0.15, -0.1) is 0 Å². The van der Waals surface area contributed by atoms with Crippen LogP contribution >= 0.6 is 0 Å².